The predicted octanol–water partition coefficient (Wildman–Crippen LogP) is 2.77. The average Bonchev–Trinajstić information content (AvgIpc) is 3.15. The standard InChI is InChI=1S/C13H16ClNO2S/c14-11-5-1-9(2-6-11)7-18-8-13(15,12(16)17)10-3-4-10/h1-2,5-6,10H,3-4,7-8,15H2,(H,16,17). The van der Waals surface area contributed by atoms with Gasteiger partial charge in [0.05, 0.1) is 0 Å². The highest BCUT2D eigenvalue weighted by atomic mass is 35.5. The van der Waals surface area contributed by atoms with E-state index in [9.17, 15) is 9.90 Å². The van der Waals surface area contributed by atoms with Gasteiger partial charge in [0, 0.05) is 16.5 Å². The van der Waals surface area contributed by atoms with Crippen LogP contribution in [0.25, 0.3) is 0 Å². The Bertz CT molecular complexity index is 433. The van der Waals surface area contributed by atoms with Gasteiger partial charge in [0.25, 0.3) is 0 Å². The average molecular weight is 286 g/mol. The van der Waals surface area contributed by atoms with Crippen molar-refractivity contribution in [3.05, 3.63) is 34.9 Å². The van der Waals surface area contributed by atoms with Crippen molar-refractivity contribution in [2.75, 3.05) is 5.75 Å². The van der Waals surface area contributed by atoms with E-state index in [1.807, 2.05) is 24.3 Å². The molecule has 5 heteroatoms. The van der Waals surface area contributed by atoms with E-state index in [1.165, 1.54) is 0 Å². The number of nitrogens with two attached hydrogens (primary N) is 1. The van der Waals surface area contributed by atoms with E-state index in [0.717, 1.165) is 24.2 Å². The fourth-order valence-electron chi connectivity index (χ4n) is 1.87. The Morgan fingerprint density at radius 3 is 2.56 bits per heavy atom. The van der Waals surface area contributed by atoms with Crippen LogP contribution in [0.1, 0.15) is 18.4 Å². The summed E-state index contributed by atoms with van der Waals surface area (Å²) in [6.45, 7) is 0. The Hall–Kier alpha value is -0.710. The first-order valence-electron chi connectivity index (χ1n) is 5.87. The van der Waals surface area contributed by atoms with Crippen LogP contribution in [0.3, 0.4) is 0 Å². The molecule has 1 unspecified atom stereocenters. The number of carboxylic acid groups (broad SMARTS) is 1. The van der Waals surface area contributed by atoms with Crippen molar-refractivity contribution in [2.45, 2.75) is 24.1 Å². The lowest BCUT2D eigenvalue weighted by Crippen LogP contribution is -2.52. The zero-order valence-electron chi connectivity index (χ0n) is 9.93. The summed E-state index contributed by atoms with van der Waals surface area (Å²) in [4.78, 5) is 11.2. The van der Waals surface area contributed by atoms with Crippen molar-refractivity contribution in [1.82, 2.24) is 0 Å². The van der Waals surface area contributed by atoms with E-state index in [0.29, 0.717) is 10.8 Å². The van der Waals surface area contributed by atoms with Gasteiger partial charge in [-0.2, -0.15) is 11.8 Å². The summed E-state index contributed by atoms with van der Waals surface area (Å²) in [6.07, 6.45) is 1.87. The van der Waals surface area contributed by atoms with E-state index >= 15 is 0 Å². The zero-order chi connectivity index (χ0) is 13.2. The Kier molecular flexibility index (Phi) is 4.20. The van der Waals surface area contributed by atoms with Crippen LogP contribution in [-0.2, 0) is 10.5 Å². The summed E-state index contributed by atoms with van der Waals surface area (Å²) in [6, 6.07) is 7.58. The number of thioether (sulfide) groups is 1. The molecule has 0 heterocycles. The minimum Gasteiger partial charge on any atom is -0.480 e. The molecule has 98 valence electrons. The third-order valence-electron chi connectivity index (χ3n) is 3.23. The topological polar surface area (TPSA) is 63.3 Å². The summed E-state index contributed by atoms with van der Waals surface area (Å²) in [5, 5.41) is 9.93. The van der Waals surface area contributed by atoms with Crippen molar-refractivity contribution in [2.24, 2.45) is 11.7 Å². The first-order valence-corrected chi connectivity index (χ1v) is 7.40. The first kappa shape index (κ1) is 13.7. The van der Waals surface area contributed by atoms with E-state index in [4.69, 9.17) is 17.3 Å². The Morgan fingerprint density at radius 2 is 2.06 bits per heavy atom. The number of carbonyl (C=O) groups is 1. The molecule has 0 bridgehead atoms. The maximum Gasteiger partial charge on any atom is 0.324 e. The summed E-state index contributed by atoms with van der Waals surface area (Å²) >= 11 is 7.37. The molecule has 0 amide bonds. The van der Waals surface area contributed by atoms with Crippen LogP contribution in [0.4, 0.5) is 0 Å². The van der Waals surface area contributed by atoms with Crippen molar-refractivity contribution >= 4 is 29.3 Å². The van der Waals surface area contributed by atoms with Gasteiger partial charge in [-0.1, -0.05) is 23.7 Å². The SMILES string of the molecule is NC(CSCc1ccc(Cl)cc1)(C(=O)O)C1CC1. The summed E-state index contributed by atoms with van der Waals surface area (Å²) in [5.41, 5.74) is 6.07. The van der Waals surface area contributed by atoms with Gasteiger partial charge in [-0.05, 0) is 36.5 Å². The fourth-order valence-corrected chi connectivity index (χ4v) is 3.22. The fraction of sp³-hybridized carbons (Fsp3) is 0.462. The number of hydrogen-bond donors (Lipinski definition) is 2. The lowest BCUT2D eigenvalue weighted by Gasteiger charge is -2.23. The molecule has 0 saturated heterocycles. The second-order valence-corrected chi connectivity index (χ2v) is 6.16. The Labute approximate surface area is 116 Å². The normalized spacial score (nSPS) is 18.3. The van der Waals surface area contributed by atoms with Gasteiger partial charge in [0.2, 0.25) is 0 Å². The molecule has 0 aromatic heterocycles. The van der Waals surface area contributed by atoms with Crippen molar-refractivity contribution in [1.29, 1.82) is 0 Å². The number of halogens is 1. The molecule has 0 radical (unpaired) electrons. The number of hydrogen-bond acceptors (Lipinski definition) is 3. The van der Waals surface area contributed by atoms with E-state index < -0.39 is 11.5 Å². The summed E-state index contributed by atoms with van der Waals surface area (Å²) in [7, 11) is 0. The molecule has 1 saturated carbocycles. The lowest BCUT2D eigenvalue weighted by molar-refractivity contribution is -0.143. The van der Waals surface area contributed by atoms with Gasteiger partial charge in [-0.3, -0.25) is 4.79 Å². The summed E-state index contributed by atoms with van der Waals surface area (Å²) < 4.78 is 0. The number of benzene rings is 1. The molecular formula is C13H16ClNO2S. The van der Waals surface area contributed by atoms with Crippen LogP contribution < -0.4 is 5.73 Å². The van der Waals surface area contributed by atoms with Crippen LogP contribution in [-0.4, -0.2) is 22.4 Å². The minimum atomic E-state index is -1.06. The van der Waals surface area contributed by atoms with Gasteiger partial charge in [-0.25, -0.2) is 0 Å². The highest BCUT2D eigenvalue weighted by Crippen LogP contribution is 2.40. The third kappa shape index (κ3) is 3.19. The predicted molar refractivity (Wildman–Crippen MR) is 74.9 cm³/mol. The molecule has 1 aliphatic carbocycles. The first-order chi connectivity index (χ1) is 8.52. The highest BCUT2D eigenvalue weighted by Gasteiger charge is 2.47. The van der Waals surface area contributed by atoms with Gasteiger partial charge in [0.1, 0.15) is 5.54 Å². The second kappa shape index (κ2) is 5.51. The Morgan fingerprint density at radius 1 is 1.44 bits per heavy atom. The molecule has 2 rings (SSSR count). The van der Waals surface area contributed by atoms with Crippen molar-refractivity contribution in [3.63, 3.8) is 0 Å². The molecule has 0 spiro atoms. The van der Waals surface area contributed by atoms with Gasteiger partial charge in [0.15, 0.2) is 0 Å². The second-order valence-electron chi connectivity index (χ2n) is 4.74. The maximum atomic E-state index is 11.2. The van der Waals surface area contributed by atoms with Crippen molar-refractivity contribution in [3.8, 4) is 0 Å². The molecule has 1 fully saturated rings. The van der Waals surface area contributed by atoms with Gasteiger partial charge >= 0.3 is 5.97 Å². The molecule has 1 aromatic rings. The summed E-state index contributed by atoms with van der Waals surface area (Å²) in [5.74, 6) is 0.479. The van der Waals surface area contributed by atoms with Crippen LogP contribution in [0, 0.1) is 5.92 Å². The van der Waals surface area contributed by atoms with Crippen LogP contribution in [0.5, 0.6) is 0 Å². The molecule has 0 aliphatic heterocycles. The van der Waals surface area contributed by atoms with E-state index in [1.54, 1.807) is 11.8 Å². The molecule has 18 heavy (non-hydrogen) atoms. The minimum absolute atomic E-state index is 0.146. The van der Waals surface area contributed by atoms with E-state index in [-0.39, 0.29) is 5.92 Å². The highest BCUT2D eigenvalue weighted by molar-refractivity contribution is 7.98. The molecule has 1 atom stereocenters. The largest absolute Gasteiger partial charge is 0.480 e. The quantitative estimate of drug-likeness (QED) is 0.844. The van der Waals surface area contributed by atoms with Crippen LogP contribution in [0.2, 0.25) is 5.02 Å². The molecular weight excluding hydrogens is 270 g/mol. The molecule has 1 aliphatic rings. The van der Waals surface area contributed by atoms with Gasteiger partial charge < -0.3 is 10.8 Å². The maximum absolute atomic E-state index is 11.2. The van der Waals surface area contributed by atoms with Crippen LogP contribution >= 0.6 is 23.4 Å². The monoisotopic (exact) mass is 285 g/mol. The Balaban J connectivity index is 1.87. The number of aliphatic carboxylic acids is 1. The third-order valence-corrected chi connectivity index (χ3v) is 4.70. The smallest absolute Gasteiger partial charge is 0.324 e. The zero-order valence-corrected chi connectivity index (χ0v) is 11.5. The van der Waals surface area contributed by atoms with Crippen LogP contribution in [0.15, 0.2) is 24.3 Å². The van der Waals surface area contributed by atoms with Gasteiger partial charge in [-0.15, -0.1) is 0 Å². The van der Waals surface area contributed by atoms with Crippen molar-refractivity contribution < 1.29 is 9.90 Å². The number of rotatable bonds is 6. The lowest BCUT2D eigenvalue weighted by atomic mass is 9.98. The number of carboxylic acids is 1. The molecule has 3 N–H and O–H groups in total. The molecule has 3 nitrogen and oxygen atoms in total. The van der Waals surface area contributed by atoms with E-state index in [2.05, 4.69) is 0 Å². The molecule has 1 aromatic carbocycles.